The Kier molecular flexibility index (Phi) is 3.21. The van der Waals surface area contributed by atoms with Crippen LogP contribution in [0.1, 0.15) is 36.2 Å². The lowest BCUT2D eigenvalue weighted by Crippen LogP contribution is -2.26. The van der Waals surface area contributed by atoms with Crippen molar-refractivity contribution in [2.24, 2.45) is 12.5 Å². The Labute approximate surface area is 125 Å². The molecule has 2 heterocycles. The third-order valence-electron chi connectivity index (χ3n) is 3.44. The number of tetrazole rings is 1. The molecule has 3 rings (SSSR count). The van der Waals surface area contributed by atoms with Gasteiger partial charge in [-0.15, -0.1) is 33.3 Å². The van der Waals surface area contributed by atoms with E-state index in [9.17, 15) is 4.79 Å². The van der Waals surface area contributed by atoms with E-state index in [0.717, 1.165) is 26.6 Å². The lowest BCUT2D eigenvalue weighted by molar-refractivity contribution is 0.0910. The monoisotopic (exact) mass is 308 g/mol. The SMILES string of the molecule is CSc1sc(-c2nnn(C)n2)c2c1C(=O)CC(C)(C)C2. The second-order valence-corrected chi connectivity index (χ2v) is 7.92. The average Bonchev–Trinajstić information content (AvgIpc) is 2.91. The summed E-state index contributed by atoms with van der Waals surface area (Å²) >= 11 is 3.23. The van der Waals surface area contributed by atoms with Crippen molar-refractivity contribution in [2.75, 3.05) is 6.26 Å². The molecule has 20 heavy (non-hydrogen) atoms. The minimum Gasteiger partial charge on any atom is -0.294 e. The Balaban J connectivity index is 2.20. The predicted molar refractivity (Wildman–Crippen MR) is 80.3 cm³/mol. The average molecular weight is 308 g/mol. The van der Waals surface area contributed by atoms with E-state index in [1.807, 2.05) is 6.26 Å². The van der Waals surface area contributed by atoms with Gasteiger partial charge in [0, 0.05) is 12.0 Å². The fraction of sp³-hybridized carbons (Fsp3) is 0.538. The van der Waals surface area contributed by atoms with Crippen molar-refractivity contribution < 1.29 is 4.79 Å². The molecule has 5 nitrogen and oxygen atoms in total. The molecular weight excluding hydrogens is 292 g/mol. The molecular formula is C13H16N4OS2. The fourth-order valence-electron chi connectivity index (χ4n) is 2.66. The minimum atomic E-state index is -0.00219. The van der Waals surface area contributed by atoms with Crippen LogP contribution in [-0.4, -0.2) is 32.2 Å². The first-order valence-corrected chi connectivity index (χ1v) is 8.42. The van der Waals surface area contributed by atoms with Crippen LogP contribution in [0.3, 0.4) is 0 Å². The zero-order chi connectivity index (χ0) is 14.5. The molecule has 0 atom stereocenters. The van der Waals surface area contributed by atoms with Crippen LogP contribution < -0.4 is 0 Å². The third kappa shape index (κ3) is 2.18. The zero-order valence-corrected chi connectivity index (χ0v) is 13.6. The topological polar surface area (TPSA) is 60.7 Å². The number of nitrogens with zero attached hydrogens (tertiary/aromatic N) is 4. The highest BCUT2D eigenvalue weighted by atomic mass is 32.2. The molecule has 7 heteroatoms. The largest absolute Gasteiger partial charge is 0.294 e. The van der Waals surface area contributed by atoms with Gasteiger partial charge in [0.1, 0.15) is 0 Å². The highest BCUT2D eigenvalue weighted by Gasteiger charge is 2.36. The highest BCUT2D eigenvalue weighted by molar-refractivity contribution is 8.00. The lowest BCUT2D eigenvalue weighted by Gasteiger charge is -2.29. The second-order valence-electron chi connectivity index (χ2n) is 5.82. The first-order valence-electron chi connectivity index (χ1n) is 6.38. The van der Waals surface area contributed by atoms with Crippen LogP contribution in [0.15, 0.2) is 4.21 Å². The number of carbonyl (C=O) groups excluding carboxylic acids is 1. The molecule has 1 aliphatic rings. The maximum atomic E-state index is 12.5. The number of hydrogen-bond donors (Lipinski definition) is 0. The molecule has 106 valence electrons. The zero-order valence-electron chi connectivity index (χ0n) is 11.9. The maximum absolute atomic E-state index is 12.5. The molecule has 2 aromatic rings. The molecule has 0 unspecified atom stereocenters. The summed E-state index contributed by atoms with van der Waals surface area (Å²) in [5.41, 5.74) is 2.00. The Hall–Kier alpha value is -1.21. The molecule has 0 fully saturated rings. The third-order valence-corrected chi connectivity index (χ3v) is 5.79. The smallest absolute Gasteiger partial charge is 0.215 e. The van der Waals surface area contributed by atoms with Crippen LogP contribution >= 0.6 is 23.1 Å². The van der Waals surface area contributed by atoms with Crippen LogP contribution in [0.4, 0.5) is 0 Å². The van der Waals surface area contributed by atoms with E-state index in [1.165, 1.54) is 4.80 Å². The Morgan fingerprint density at radius 1 is 1.35 bits per heavy atom. The van der Waals surface area contributed by atoms with Crippen LogP contribution in [0, 0.1) is 5.41 Å². The number of thioether (sulfide) groups is 1. The van der Waals surface area contributed by atoms with Crippen LogP contribution in [-0.2, 0) is 13.5 Å². The highest BCUT2D eigenvalue weighted by Crippen LogP contribution is 2.47. The van der Waals surface area contributed by atoms with E-state index in [-0.39, 0.29) is 11.2 Å². The number of fused-ring (bicyclic) bond motifs is 1. The second kappa shape index (κ2) is 4.66. The van der Waals surface area contributed by atoms with Crippen LogP contribution in [0.2, 0.25) is 0 Å². The minimum absolute atomic E-state index is 0.00219. The molecule has 0 aromatic carbocycles. The summed E-state index contributed by atoms with van der Waals surface area (Å²) in [5, 5.41) is 12.3. The van der Waals surface area contributed by atoms with E-state index < -0.39 is 0 Å². The summed E-state index contributed by atoms with van der Waals surface area (Å²) < 4.78 is 1.07. The number of thiophene rings is 1. The molecule has 0 aliphatic heterocycles. The molecule has 0 amide bonds. The number of Topliss-reactive ketones (excluding diaryl/α,β-unsaturated/α-hetero) is 1. The van der Waals surface area contributed by atoms with Gasteiger partial charge in [0.2, 0.25) is 5.82 Å². The Bertz CT molecular complexity index is 687. The standard InChI is InChI=1S/C13H16N4OS2/c1-13(2)5-7-9(8(18)6-13)12(19-4)20-10(7)11-14-16-17(3)15-11/h5-6H2,1-4H3. The number of aryl methyl sites for hydroxylation is 1. The quantitative estimate of drug-likeness (QED) is 0.798. The van der Waals surface area contributed by atoms with Crippen molar-refractivity contribution in [3.8, 4) is 10.7 Å². The predicted octanol–water partition coefficient (Wildman–Crippen LogP) is 2.82. The molecule has 1 aliphatic carbocycles. The van der Waals surface area contributed by atoms with Crippen molar-refractivity contribution in [1.82, 2.24) is 20.2 Å². The normalized spacial score (nSPS) is 17.3. The molecule has 0 saturated heterocycles. The van der Waals surface area contributed by atoms with Gasteiger partial charge >= 0.3 is 0 Å². The number of aromatic nitrogens is 4. The Morgan fingerprint density at radius 3 is 2.70 bits per heavy atom. The molecule has 2 aromatic heterocycles. The molecule has 0 radical (unpaired) electrons. The number of hydrogen-bond acceptors (Lipinski definition) is 6. The molecule has 0 bridgehead atoms. The van der Waals surface area contributed by atoms with Gasteiger partial charge in [-0.05, 0) is 28.9 Å². The van der Waals surface area contributed by atoms with Gasteiger partial charge in [-0.1, -0.05) is 13.8 Å². The molecule has 0 saturated carbocycles. The first kappa shape index (κ1) is 13.8. The van der Waals surface area contributed by atoms with Gasteiger partial charge in [-0.3, -0.25) is 4.79 Å². The van der Waals surface area contributed by atoms with Gasteiger partial charge in [0.15, 0.2) is 5.78 Å². The van der Waals surface area contributed by atoms with Gasteiger partial charge in [-0.25, -0.2) is 0 Å². The summed E-state index contributed by atoms with van der Waals surface area (Å²) in [6.07, 6.45) is 3.50. The summed E-state index contributed by atoms with van der Waals surface area (Å²) in [5.74, 6) is 0.867. The van der Waals surface area contributed by atoms with E-state index in [0.29, 0.717) is 12.2 Å². The van der Waals surface area contributed by atoms with Gasteiger partial charge in [0.25, 0.3) is 0 Å². The fourth-order valence-corrected chi connectivity index (χ4v) is 4.68. The lowest BCUT2D eigenvalue weighted by atomic mass is 9.74. The van der Waals surface area contributed by atoms with E-state index in [1.54, 1.807) is 30.1 Å². The molecule has 0 spiro atoms. The van der Waals surface area contributed by atoms with Crippen LogP contribution in [0.25, 0.3) is 10.7 Å². The van der Waals surface area contributed by atoms with Crippen LogP contribution in [0.5, 0.6) is 0 Å². The van der Waals surface area contributed by atoms with Gasteiger partial charge in [0.05, 0.1) is 16.1 Å². The summed E-state index contributed by atoms with van der Waals surface area (Å²) in [6, 6.07) is 0. The van der Waals surface area contributed by atoms with E-state index in [2.05, 4.69) is 29.3 Å². The number of ketones is 1. The van der Waals surface area contributed by atoms with Crippen molar-refractivity contribution in [3.63, 3.8) is 0 Å². The van der Waals surface area contributed by atoms with Gasteiger partial charge in [-0.2, -0.15) is 4.80 Å². The summed E-state index contributed by atoms with van der Waals surface area (Å²) in [7, 11) is 1.75. The van der Waals surface area contributed by atoms with Gasteiger partial charge < -0.3 is 0 Å². The van der Waals surface area contributed by atoms with E-state index >= 15 is 0 Å². The van der Waals surface area contributed by atoms with E-state index in [4.69, 9.17) is 0 Å². The Morgan fingerprint density at radius 2 is 2.10 bits per heavy atom. The number of rotatable bonds is 2. The van der Waals surface area contributed by atoms with Crippen molar-refractivity contribution in [2.45, 2.75) is 30.9 Å². The first-order chi connectivity index (χ1) is 9.41. The van der Waals surface area contributed by atoms with Crippen molar-refractivity contribution in [1.29, 1.82) is 0 Å². The number of carbonyl (C=O) groups is 1. The molecule has 0 N–H and O–H groups in total. The summed E-state index contributed by atoms with van der Waals surface area (Å²) in [4.78, 5) is 14.9. The van der Waals surface area contributed by atoms with Crippen molar-refractivity contribution >= 4 is 28.9 Å². The maximum Gasteiger partial charge on any atom is 0.215 e. The van der Waals surface area contributed by atoms with Crippen molar-refractivity contribution in [3.05, 3.63) is 11.1 Å². The summed E-state index contributed by atoms with van der Waals surface area (Å²) in [6.45, 7) is 4.27.